The molecule has 1 aromatic carbocycles. The van der Waals surface area contributed by atoms with E-state index in [1.807, 2.05) is 6.92 Å². The van der Waals surface area contributed by atoms with Crippen molar-refractivity contribution in [1.29, 1.82) is 0 Å². The van der Waals surface area contributed by atoms with Crippen molar-refractivity contribution in [3.8, 4) is 0 Å². The molecule has 0 saturated carbocycles. The molecule has 0 N–H and O–H groups in total. The molecule has 2 aliphatic rings. The van der Waals surface area contributed by atoms with Crippen LogP contribution in [0.3, 0.4) is 0 Å². The predicted molar refractivity (Wildman–Crippen MR) is 108 cm³/mol. The Labute approximate surface area is 163 Å². The third-order valence-electron chi connectivity index (χ3n) is 6.20. The molecule has 0 bridgehead atoms. The minimum absolute atomic E-state index is 0.0338. The topological polar surface area (TPSA) is 42.0 Å². The smallest absolute Gasteiger partial charge is 0.313 e. The fourth-order valence-electron chi connectivity index (χ4n) is 4.66. The molecule has 5 nitrogen and oxygen atoms in total. The number of likely N-dealkylation sites (tertiary alicyclic amines) is 1. The number of esters is 1. The number of carbonyl (C=O) groups excluding carboxylic acids is 1. The van der Waals surface area contributed by atoms with Gasteiger partial charge in [0.2, 0.25) is 0 Å². The van der Waals surface area contributed by atoms with E-state index in [4.69, 9.17) is 9.47 Å². The van der Waals surface area contributed by atoms with Crippen molar-refractivity contribution < 1.29 is 14.3 Å². The Morgan fingerprint density at radius 3 is 2.59 bits per heavy atom. The van der Waals surface area contributed by atoms with Crippen LogP contribution in [-0.4, -0.2) is 63.4 Å². The monoisotopic (exact) mass is 374 g/mol. The number of piperidine rings is 2. The van der Waals surface area contributed by atoms with Crippen LogP contribution in [0.1, 0.15) is 39.0 Å². The maximum atomic E-state index is 12.8. The van der Waals surface area contributed by atoms with Gasteiger partial charge < -0.3 is 14.4 Å². The van der Waals surface area contributed by atoms with Gasteiger partial charge in [0.25, 0.3) is 0 Å². The van der Waals surface area contributed by atoms with Gasteiger partial charge in [-0.1, -0.05) is 18.2 Å². The molecule has 0 amide bonds. The van der Waals surface area contributed by atoms with E-state index in [1.54, 1.807) is 7.11 Å². The van der Waals surface area contributed by atoms with Gasteiger partial charge in [0.15, 0.2) is 0 Å². The van der Waals surface area contributed by atoms with Crippen LogP contribution >= 0.6 is 0 Å². The van der Waals surface area contributed by atoms with Crippen molar-refractivity contribution in [2.24, 2.45) is 5.41 Å². The summed E-state index contributed by atoms with van der Waals surface area (Å²) in [5, 5.41) is 0. The minimum Gasteiger partial charge on any atom is -0.466 e. The lowest BCUT2D eigenvalue weighted by molar-refractivity contribution is -0.161. The van der Waals surface area contributed by atoms with Crippen LogP contribution in [0.5, 0.6) is 0 Å². The van der Waals surface area contributed by atoms with E-state index >= 15 is 0 Å². The average Bonchev–Trinajstić information content (AvgIpc) is 2.73. The lowest BCUT2D eigenvalue weighted by atomic mass is 9.76. The number of rotatable bonds is 7. The number of ether oxygens (including phenoxy) is 2. The lowest BCUT2D eigenvalue weighted by Gasteiger charge is -2.46. The van der Waals surface area contributed by atoms with E-state index in [2.05, 4.69) is 40.1 Å². The Hall–Kier alpha value is -1.59. The number of nitrogens with zero attached hydrogens (tertiary/aromatic N) is 2. The molecule has 2 saturated heterocycles. The molecule has 0 aliphatic carbocycles. The highest BCUT2D eigenvalue weighted by molar-refractivity contribution is 5.77. The molecule has 27 heavy (non-hydrogen) atoms. The molecule has 0 radical (unpaired) electrons. The first kappa shape index (κ1) is 20.2. The van der Waals surface area contributed by atoms with Crippen LogP contribution in [0.25, 0.3) is 0 Å². The van der Waals surface area contributed by atoms with Crippen LogP contribution in [-0.2, 0) is 14.3 Å². The van der Waals surface area contributed by atoms with Gasteiger partial charge in [0, 0.05) is 45.1 Å². The van der Waals surface area contributed by atoms with E-state index in [0.29, 0.717) is 19.3 Å². The third-order valence-corrected chi connectivity index (χ3v) is 6.20. The second kappa shape index (κ2) is 9.56. The first-order valence-corrected chi connectivity index (χ1v) is 10.4. The number of benzene rings is 1. The molecular formula is C22H34N2O3. The van der Waals surface area contributed by atoms with Crippen LogP contribution in [0.4, 0.5) is 5.69 Å². The molecule has 2 aliphatic heterocycles. The standard InChI is InChI=1S/C22H34N2O3/c1-3-27-21(25)22(13-17-26-2)12-7-14-24(18-22)20-10-15-23(16-11-20)19-8-5-4-6-9-19/h4-6,8-9,20H,3,7,10-18H2,1-2H3. The van der Waals surface area contributed by atoms with Crippen molar-refractivity contribution in [3.63, 3.8) is 0 Å². The van der Waals surface area contributed by atoms with Crippen molar-refractivity contribution in [2.75, 3.05) is 51.4 Å². The summed E-state index contributed by atoms with van der Waals surface area (Å²) >= 11 is 0. The third kappa shape index (κ3) is 4.82. The first-order chi connectivity index (χ1) is 13.2. The summed E-state index contributed by atoms with van der Waals surface area (Å²) in [6.45, 7) is 7.00. The van der Waals surface area contributed by atoms with Crippen molar-refractivity contribution >= 4 is 11.7 Å². The maximum absolute atomic E-state index is 12.8. The normalized spacial score (nSPS) is 24.7. The molecule has 2 fully saturated rings. The zero-order chi connectivity index (χ0) is 19.1. The van der Waals surface area contributed by atoms with Crippen LogP contribution < -0.4 is 4.90 Å². The highest BCUT2D eigenvalue weighted by Gasteiger charge is 2.44. The van der Waals surface area contributed by atoms with Gasteiger partial charge in [-0.3, -0.25) is 9.69 Å². The lowest BCUT2D eigenvalue weighted by Crippen LogP contribution is -2.54. The number of methoxy groups -OCH3 is 1. The molecule has 5 heteroatoms. The number of anilines is 1. The second-order valence-corrected chi connectivity index (χ2v) is 7.87. The fraction of sp³-hybridized carbons (Fsp3) is 0.682. The molecule has 1 unspecified atom stereocenters. The largest absolute Gasteiger partial charge is 0.466 e. The van der Waals surface area contributed by atoms with Crippen molar-refractivity contribution in [2.45, 2.75) is 45.1 Å². The Morgan fingerprint density at radius 1 is 1.19 bits per heavy atom. The Balaban J connectivity index is 1.62. The van der Waals surface area contributed by atoms with Gasteiger partial charge in [-0.15, -0.1) is 0 Å². The van der Waals surface area contributed by atoms with Crippen LogP contribution in [0.15, 0.2) is 30.3 Å². The first-order valence-electron chi connectivity index (χ1n) is 10.4. The predicted octanol–water partition coefficient (Wildman–Crippen LogP) is 3.34. The fourth-order valence-corrected chi connectivity index (χ4v) is 4.66. The summed E-state index contributed by atoms with van der Waals surface area (Å²) in [5.41, 5.74) is 0.913. The van der Waals surface area contributed by atoms with Gasteiger partial charge in [-0.25, -0.2) is 0 Å². The molecule has 150 valence electrons. The highest BCUT2D eigenvalue weighted by Crippen LogP contribution is 2.37. The van der Waals surface area contributed by atoms with Gasteiger partial charge in [0.05, 0.1) is 12.0 Å². The number of carbonyl (C=O) groups is 1. The number of hydrogen-bond donors (Lipinski definition) is 0. The molecule has 1 atom stereocenters. The maximum Gasteiger partial charge on any atom is 0.313 e. The number of hydrogen-bond acceptors (Lipinski definition) is 5. The summed E-state index contributed by atoms with van der Waals surface area (Å²) in [4.78, 5) is 17.8. The van der Waals surface area contributed by atoms with E-state index < -0.39 is 5.41 Å². The zero-order valence-corrected chi connectivity index (χ0v) is 16.9. The Morgan fingerprint density at radius 2 is 1.93 bits per heavy atom. The van der Waals surface area contributed by atoms with E-state index in [-0.39, 0.29) is 5.97 Å². The quantitative estimate of drug-likeness (QED) is 0.685. The zero-order valence-electron chi connectivity index (χ0n) is 16.9. The highest BCUT2D eigenvalue weighted by atomic mass is 16.5. The summed E-state index contributed by atoms with van der Waals surface area (Å²) < 4.78 is 10.8. The summed E-state index contributed by atoms with van der Waals surface area (Å²) in [6.07, 6.45) is 5.02. The Kier molecular flexibility index (Phi) is 7.13. The molecular weight excluding hydrogens is 340 g/mol. The average molecular weight is 375 g/mol. The van der Waals surface area contributed by atoms with Gasteiger partial charge >= 0.3 is 5.97 Å². The molecule has 2 heterocycles. The van der Waals surface area contributed by atoms with Gasteiger partial charge in [0.1, 0.15) is 0 Å². The van der Waals surface area contributed by atoms with E-state index in [9.17, 15) is 4.79 Å². The SMILES string of the molecule is CCOC(=O)C1(CCOC)CCCN(C2CCN(c3ccccc3)CC2)C1. The number of para-hydroxylation sites is 1. The van der Waals surface area contributed by atoms with Crippen LogP contribution in [0.2, 0.25) is 0 Å². The summed E-state index contributed by atoms with van der Waals surface area (Å²) in [6, 6.07) is 11.2. The second-order valence-electron chi connectivity index (χ2n) is 7.87. The molecule has 1 aromatic rings. The van der Waals surface area contributed by atoms with Crippen LogP contribution in [0, 0.1) is 5.41 Å². The van der Waals surface area contributed by atoms with Crippen molar-refractivity contribution in [1.82, 2.24) is 4.90 Å². The molecule has 0 aromatic heterocycles. The minimum atomic E-state index is -0.402. The van der Waals surface area contributed by atoms with Gasteiger partial charge in [-0.2, -0.15) is 0 Å². The van der Waals surface area contributed by atoms with Crippen molar-refractivity contribution in [3.05, 3.63) is 30.3 Å². The summed E-state index contributed by atoms with van der Waals surface area (Å²) in [7, 11) is 1.71. The van der Waals surface area contributed by atoms with E-state index in [1.165, 1.54) is 5.69 Å². The molecule has 3 rings (SSSR count). The Bertz CT molecular complexity index is 586. The molecule has 0 spiro atoms. The van der Waals surface area contributed by atoms with Gasteiger partial charge in [-0.05, 0) is 57.7 Å². The van der Waals surface area contributed by atoms with E-state index in [0.717, 1.165) is 58.3 Å². The summed E-state index contributed by atoms with van der Waals surface area (Å²) in [5.74, 6) is -0.0338.